The summed E-state index contributed by atoms with van der Waals surface area (Å²) in [5, 5.41) is 16.6. The van der Waals surface area contributed by atoms with Crippen molar-refractivity contribution in [2.75, 3.05) is 54.8 Å². The molecule has 0 radical (unpaired) electrons. The number of nitrogens with zero attached hydrogens (tertiary/aromatic N) is 2. The highest BCUT2D eigenvalue weighted by molar-refractivity contribution is 6.30. The highest BCUT2D eigenvalue weighted by Gasteiger charge is 2.20. The third-order valence-electron chi connectivity index (χ3n) is 5.29. The molecule has 2 aliphatic heterocycles. The zero-order valence-corrected chi connectivity index (χ0v) is 16.5. The fraction of sp³-hybridized carbons (Fsp3) is 0.381. The maximum Gasteiger partial charge on any atom is 0.165 e. The minimum absolute atomic E-state index is 0.179. The number of carbonyl (C=O) groups is 1. The predicted octanol–water partition coefficient (Wildman–Crippen LogP) is 2.43. The van der Waals surface area contributed by atoms with E-state index in [0.29, 0.717) is 19.5 Å². The Morgan fingerprint density at radius 1 is 1.14 bits per heavy atom. The number of Topliss-reactive ketones (excluding diaryl/α,β-unsaturated/α-hetero) is 1. The molecule has 0 saturated carbocycles. The van der Waals surface area contributed by atoms with Crippen molar-refractivity contribution in [2.24, 2.45) is 0 Å². The normalized spacial score (nSPS) is 19.2. The zero-order valence-electron chi connectivity index (χ0n) is 15.7. The predicted molar refractivity (Wildman–Crippen MR) is 113 cm³/mol. The number of piperazine rings is 1. The van der Waals surface area contributed by atoms with Crippen LogP contribution in [0.25, 0.3) is 0 Å². The van der Waals surface area contributed by atoms with Gasteiger partial charge in [-0.3, -0.25) is 9.69 Å². The van der Waals surface area contributed by atoms with Gasteiger partial charge >= 0.3 is 0 Å². The number of anilines is 3. The van der Waals surface area contributed by atoms with E-state index in [9.17, 15) is 9.90 Å². The lowest BCUT2D eigenvalue weighted by molar-refractivity contribution is -0.118. The number of hydrogen-bond acceptors (Lipinski definition) is 6. The van der Waals surface area contributed by atoms with Crippen molar-refractivity contribution >= 4 is 34.4 Å². The molecule has 148 valence electrons. The molecule has 7 heteroatoms. The van der Waals surface area contributed by atoms with E-state index in [1.807, 2.05) is 42.5 Å². The molecule has 1 unspecified atom stereocenters. The first-order valence-corrected chi connectivity index (χ1v) is 10.0. The summed E-state index contributed by atoms with van der Waals surface area (Å²) in [6, 6.07) is 13.8. The summed E-state index contributed by atoms with van der Waals surface area (Å²) in [6.07, 6.45) is 0.0786. The van der Waals surface area contributed by atoms with Crippen LogP contribution in [0.1, 0.15) is 5.56 Å². The van der Waals surface area contributed by atoms with Crippen LogP contribution in [0.4, 0.5) is 17.1 Å². The molecular formula is C21H25ClN4O2. The average Bonchev–Trinajstić information content (AvgIpc) is 3.07. The van der Waals surface area contributed by atoms with E-state index in [4.69, 9.17) is 11.6 Å². The summed E-state index contributed by atoms with van der Waals surface area (Å²) in [6.45, 7) is 4.33. The van der Waals surface area contributed by atoms with Crippen LogP contribution in [0.15, 0.2) is 42.5 Å². The summed E-state index contributed by atoms with van der Waals surface area (Å²) in [5.41, 5.74) is 4.12. The van der Waals surface area contributed by atoms with Crippen molar-refractivity contribution in [1.29, 1.82) is 0 Å². The van der Waals surface area contributed by atoms with Gasteiger partial charge in [-0.2, -0.15) is 0 Å². The van der Waals surface area contributed by atoms with E-state index >= 15 is 0 Å². The molecule has 0 aliphatic carbocycles. The van der Waals surface area contributed by atoms with Gasteiger partial charge in [-0.05, 0) is 48.0 Å². The average molecular weight is 401 g/mol. The van der Waals surface area contributed by atoms with Crippen LogP contribution in [0, 0.1) is 0 Å². The summed E-state index contributed by atoms with van der Waals surface area (Å²) in [7, 11) is 0. The Morgan fingerprint density at radius 3 is 2.64 bits per heavy atom. The molecule has 4 rings (SSSR count). The van der Waals surface area contributed by atoms with E-state index < -0.39 is 6.23 Å². The maximum absolute atomic E-state index is 12.4. The first-order valence-electron chi connectivity index (χ1n) is 9.63. The van der Waals surface area contributed by atoms with Crippen LogP contribution < -0.4 is 15.5 Å². The largest absolute Gasteiger partial charge is 0.378 e. The van der Waals surface area contributed by atoms with Gasteiger partial charge in [0.1, 0.15) is 6.23 Å². The number of hydrogen-bond donors (Lipinski definition) is 3. The van der Waals surface area contributed by atoms with Gasteiger partial charge in [0.25, 0.3) is 0 Å². The number of carbonyl (C=O) groups excluding carboxylic acids is 1. The van der Waals surface area contributed by atoms with Crippen molar-refractivity contribution in [1.82, 2.24) is 4.90 Å². The standard InChI is InChI=1S/C21H25ClN4O2/c22-16-1-4-18(5-2-16)26-9-7-25(8-10-26)14-19(27)13-23-17-3-6-20-15(11-17)12-21(28)24-20/h1-6,11,21,23-24,28H,7-10,12-14H2. The molecule has 0 bridgehead atoms. The van der Waals surface area contributed by atoms with E-state index in [2.05, 4.69) is 20.4 Å². The second-order valence-electron chi connectivity index (χ2n) is 7.37. The third kappa shape index (κ3) is 4.58. The Labute approximate surface area is 170 Å². The minimum atomic E-state index is -0.515. The molecule has 2 aliphatic rings. The highest BCUT2D eigenvalue weighted by atomic mass is 35.5. The van der Waals surface area contributed by atoms with Crippen molar-refractivity contribution in [3.8, 4) is 0 Å². The van der Waals surface area contributed by atoms with Crippen LogP contribution in [-0.2, 0) is 11.2 Å². The van der Waals surface area contributed by atoms with Gasteiger partial charge in [-0.1, -0.05) is 11.6 Å². The van der Waals surface area contributed by atoms with Crippen molar-refractivity contribution in [3.05, 3.63) is 53.1 Å². The van der Waals surface area contributed by atoms with Gasteiger partial charge in [-0.15, -0.1) is 0 Å². The monoisotopic (exact) mass is 400 g/mol. The van der Waals surface area contributed by atoms with Crippen LogP contribution >= 0.6 is 11.6 Å². The van der Waals surface area contributed by atoms with E-state index in [1.54, 1.807) is 0 Å². The summed E-state index contributed by atoms with van der Waals surface area (Å²) >= 11 is 5.95. The molecule has 6 nitrogen and oxygen atoms in total. The Kier molecular flexibility index (Phi) is 5.71. The van der Waals surface area contributed by atoms with Gasteiger partial charge in [0, 0.05) is 54.7 Å². The quantitative estimate of drug-likeness (QED) is 0.692. The Balaban J connectivity index is 1.22. The minimum Gasteiger partial charge on any atom is -0.378 e. The lowest BCUT2D eigenvalue weighted by Gasteiger charge is -2.35. The van der Waals surface area contributed by atoms with Gasteiger partial charge in [0.15, 0.2) is 5.78 Å². The molecule has 28 heavy (non-hydrogen) atoms. The summed E-state index contributed by atoms with van der Waals surface area (Å²) in [5.74, 6) is 0.179. The first-order chi connectivity index (χ1) is 13.6. The number of rotatable bonds is 6. The molecule has 1 atom stereocenters. The molecule has 1 fully saturated rings. The van der Waals surface area contributed by atoms with Crippen LogP contribution in [-0.4, -0.2) is 61.3 Å². The van der Waals surface area contributed by atoms with Crippen molar-refractivity contribution in [3.63, 3.8) is 0 Å². The smallest absolute Gasteiger partial charge is 0.165 e. The lowest BCUT2D eigenvalue weighted by Crippen LogP contribution is -2.48. The third-order valence-corrected chi connectivity index (χ3v) is 5.55. The summed E-state index contributed by atoms with van der Waals surface area (Å²) < 4.78 is 0. The SMILES string of the molecule is O=C(CNc1ccc2c(c1)CC(O)N2)CN1CCN(c2ccc(Cl)cc2)CC1. The Hall–Kier alpha value is -2.28. The molecule has 2 aromatic carbocycles. The van der Waals surface area contributed by atoms with Gasteiger partial charge in [0.05, 0.1) is 13.1 Å². The molecule has 0 spiro atoms. The number of fused-ring (bicyclic) bond motifs is 1. The molecule has 0 aromatic heterocycles. The van der Waals surface area contributed by atoms with E-state index in [-0.39, 0.29) is 5.78 Å². The van der Waals surface area contributed by atoms with E-state index in [0.717, 1.165) is 48.1 Å². The lowest BCUT2D eigenvalue weighted by atomic mass is 10.1. The molecule has 0 amide bonds. The number of aliphatic hydroxyl groups excluding tert-OH is 1. The zero-order chi connectivity index (χ0) is 19.5. The highest BCUT2D eigenvalue weighted by Crippen LogP contribution is 2.27. The second kappa shape index (κ2) is 8.39. The number of halogens is 1. The van der Waals surface area contributed by atoms with Crippen molar-refractivity contribution < 1.29 is 9.90 Å². The van der Waals surface area contributed by atoms with Crippen LogP contribution in [0.3, 0.4) is 0 Å². The van der Waals surface area contributed by atoms with Gasteiger partial charge in [0.2, 0.25) is 0 Å². The molecule has 2 heterocycles. The first kappa shape index (κ1) is 19.1. The maximum atomic E-state index is 12.4. The number of aliphatic hydroxyl groups is 1. The fourth-order valence-corrected chi connectivity index (χ4v) is 3.90. The van der Waals surface area contributed by atoms with Crippen LogP contribution in [0.5, 0.6) is 0 Å². The Bertz CT molecular complexity index is 835. The topological polar surface area (TPSA) is 67.8 Å². The van der Waals surface area contributed by atoms with E-state index in [1.165, 1.54) is 5.69 Å². The van der Waals surface area contributed by atoms with Gasteiger partial charge in [-0.25, -0.2) is 0 Å². The number of benzene rings is 2. The van der Waals surface area contributed by atoms with Crippen molar-refractivity contribution in [2.45, 2.75) is 12.6 Å². The molecule has 3 N–H and O–H groups in total. The van der Waals surface area contributed by atoms with Crippen LogP contribution in [0.2, 0.25) is 5.02 Å². The van der Waals surface area contributed by atoms with Gasteiger partial charge < -0.3 is 20.6 Å². The number of nitrogens with one attached hydrogen (secondary N) is 2. The molecule has 1 saturated heterocycles. The summed E-state index contributed by atoms with van der Waals surface area (Å²) in [4.78, 5) is 16.9. The second-order valence-corrected chi connectivity index (χ2v) is 7.80. The fourth-order valence-electron chi connectivity index (χ4n) is 3.77. The molecule has 2 aromatic rings. The number of ketones is 1. The molecular weight excluding hydrogens is 376 g/mol. The Morgan fingerprint density at radius 2 is 1.89 bits per heavy atom.